The number of benzene rings is 1. The zero-order chi connectivity index (χ0) is 22.0. The summed E-state index contributed by atoms with van der Waals surface area (Å²) >= 11 is -1.69. The van der Waals surface area contributed by atoms with E-state index in [9.17, 15) is 0 Å². The minimum Gasteiger partial charge on any atom is -1.00 e. The van der Waals surface area contributed by atoms with Gasteiger partial charge in [-0.3, -0.25) is 0 Å². The SMILES string of the molecule is CC.C[SiH2][Zr+2]([C]1=C(C)C(C)=CC1C)[CH]1C(C)=Cc2c(C(C)C)cc(C(C)C)cc21.[Cl-].[Cl-]. The molecule has 2 aliphatic rings. The van der Waals surface area contributed by atoms with Crippen molar-refractivity contribution in [1.82, 2.24) is 0 Å². The number of rotatable bonds is 5. The Labute approximate surface area is 214 Å². The number of fused-ring (bicyclic) bond motifs is 1. The molecular weight excluding hydrogens is 515 g/mol. The van der Waals surface area contributed by atoms with Crippen molar-refractivity contribution in [2.24, 2.45) is 5.92 Å². The Hall–Kier alpha value is 0.120. The minimum atomic E-state index is -1.69. The molecule has 2 unspecified atom stereocenters. The van der Waals surface area contributed by atoms with Crippen LogP contribution in [0, 0.1) is 5.92 Å². The minimum absolute atomic E-state index is 0. The third kappa shape index (κ3) is 6.17. The first-order valence-electron chi connectivity index (χ1n) is 11.8. The molecule has 0 aliphatic heterocycles. The van der Waals surface area contributed by atoms with Gasteiger partial charge in [0.2, 0.25) is 0 Å². The van der Waals surface area contributed by atoms with E-state index in [1.807, 2.05) is 17.1 Å². The predicted octanol–water partition coefficient (Wildman–Crippen LogP) is 2.05. The molecule has 0 bridgehead atoms. The Morgan fingerprint density at radius 2 is 1.52 bits per heavy atom. The summed E-state index contributed by atoms with van der Waals surface area (Å²) in [4.78, 5) is 0. The molecule has 0 amide bonds. The third-order valence-corrected chi connectivity index (χ3v) is 25.1. The van der Waals surface area contributed by atoms with Crippen LogP contribution in [0.2, 0.25) is 6.55 Å². The fourth-order valence-corrected chi connectivity index (χ4v) is 25.6. The number of hydrogen-bond donors (Lipinski definition) is 0. The first-order valence-corrected chi connectivity index (χ1v) is 21.8. The average molecular weight is 558 g/mol. The van der Waals surface area contributed by atoms with Crippen LogP contribution < -0.4 is 24.8 Å². The van der Waals surface area contributed by atoms with Gasteiger partial charge in [-0.2, -0.15) is 0 Å². The van der Waals surface area contributed by atoms with Gasteiger partial charge in [0, 0.05) is 0 Å². The zero-order valence-electron chi connectivity index (χ0n) is 21.6. The van der Waals surface area contributed by atoms with Crippen LogP contribution in [0.5, 0.6) is 0 Å². The molecule has 0 nitrogen and oxygen atoms in total. The smallest absolute Gasteiger partial charge is 1.00 e. The van der Waals surface area contributed by atoms with Crippen LogP contribution in [0.15, 0.2) is 38.2 Å². The van der Waals surface area contributed by atoms with E-state index in [0.29, 0.717) is 17.8 Å². The van der Waals surface area contributed by atoms with Crippen molar-refractivity contribution in [3.05, 3.63) is 60.5 Å². The van der Waals surface area contributed by atoms with E-state index in [0.717, 1.165) is 3.63 Å². The van der Waals surface area contributed by atoms with Gasteiger partial charge in [0.15, 0.2) is 0 Å². The van der Waals surface area contributed by atoms with Crippen LogP contribution in [0.25, 0.3) is 6.08 Å². The van der Waals surface area contributed by atoms with Gasteiger partial charge in [0.05, 0.1) is 0 Å². The van der Waals surface area contributed by atoms with Crippen molar-refractivity contribution in [1.29, 1.82) is 0 Å². The standard InChI is InChI=1S/C16H21.C8H11.C2H6.CH5Si.2ClH.Zr/c1-10(2)13-8-14-6-12(5)7-16(14)15(9-13)11(3)4;1-6-4-7(2)8(3)5-6;2*1-2;;;/h6-11H,1-5H3;4,6H,1-3H3;1-2H3;2H2,1H3;2*1H;/q;;;;;;+2/p-2. The van der Waals surface area contributed by atoms with Gasteiger partial charge in [0.25, 0.3) is 0 Å². The van der Waals surface area contributed by atoms with Gasteiger partial charge in [0.1, 0.15) is 0 Å². The number of hydrogen-bond acceptors (Lipinski definition) is 0. The average Bonchev–Trinajstić information content (AvgIpc) is 3.13. The summed E-state index contributed by atoms with van der Waals surface area (Å²) < 4.78 is 2.73. The summed E-state index contributed by atoms with van der Waals surface area (Å²) in [5.74, 6) is 1.90. The van der Waals surface area contributed by atoms with E-state index in [4.69, 9.17) is 0 Å². The van der Waals surface area contributed by atoms with Crippen LogP contribution in [0.4, 0.5) is 0 Å². The van der Waals surface area contributed by atoms with Gasteiger partial charge in [-0.25, -0.2) is 0 Å². The first kappa shape index (κ1) is 31.1. The van der Waals surface area contributed by atoms with Gasteiger partial charge in [-0.05, 0) is 0 Å². The summed E-state index contributed by atoms with van der Waals surface area (Å²) in [7, 11) is 0. The fourth-order valence-electron chi connectivity index (χ4n) is 5.18. The maximum Gasteiger partial charge on any atom is -1.00 e. The molecular formula is C27H43Cl2SiZr. The molecule has 0 aromatic heterocycles. The largest absolute Gasteiger partial charge is 1.00 e. The molecule has 0 saturated carbocycles. The maximum absolute atomic E-state index is 2.61. The van der Waals surface area contributed by atoms with E-state index >= 15 is 0 Å². The molecule has 0 spiro atoms. The van der Waals surface area contributed by atoms with Crippen molar-refractivity contribution in [2.45, 2.75) is 91.2 Å². The maximum atomic E-state index is 2.61. The van der Waals surface area contributed by atoms with Crippen LogP contribution in [0.1, 0.15) is 107 Å². The van der Waals surface area contributed by atoms with Gasteiger partial charge in [-0.15, -0.1) is 0 Å². The zero-order valence-corrected chi connectivity index (χ0v) is 27.0. The van der Waals surface area contributed by atoms with Crippen molar-refractivity contribution < 1.29 is 45.7 Å². The topological polar surface area (TPSA) is 0 Å². The molecule has 0 radical (unpaired) electrons. The molecule has 3 rings (SSSR count). The van der Waals surface area contributed by atoms with Crippen molar-refractivity contribution in [2.75, 3.05) is 0 Å². The van der Waals surface area contributed by atoms with Crippen LogP contribution in [-0.4, -0.2) is 6.65 Å². The van der Waals surface area contributed by atoms with Crippen LogP contribution in [-0.2, 0) is 20.9 Å². The third-order valence-electron chi connectivity index (χ3n) is 6.72. The Morgan fingerprint density at radius 1 is 0.935 bits per heavy atom. The van der Waals surface area contributed by atoms with Crippen molar-refractivity contribution >= 4 is 12.7 Å². The molecule has 0 fully saturated rings. The van der Waals surface area contributed by atoms with E-state index in [1.165, 1.54) is 0 Å². The summed E-state index contributed by atoms with van der Waals surface area (Å²) in [5, 5.41) is 0. The normalized spacial score (nSPS) is 19.6. The molecule has 1 aromatic carbocycles. The summed E-state index contributed by atoms with van der Waals surface area (Å²) in [6.45, 7) is 25.7. The molecule has 2 aliphatic carbocycles. The summed E-state index contributed by atoms with van der Waals surface area (Å²) in [6, 6.07) is 5.10. The molecule has 31 heavy (non-hydrogen) atoms. The Bertz CT molecular complexity index is 849. The van der Waals surface area contributed by atoms with E-state index in [1.54, 1.807) is 39.0 Å². The molecule has 173 valence electrons. The van der Waals surface area contributed by atoms with Gasteiger partial charge < -0.3 is 24.8 Å². The molecule has 0 N–H and O–H groups in total. The molecule has 2 atom stereocenters. The predicted molar refractivity (Wildman–Crippen MR) is 132 cm³/mol. The van der Waals surface area contributed by atoms with E-state index in [2.05, 4.69) is 86.2 Å². The van der Waals surface area contributed by atoms with Gasteiger partial charge >= 0.3 is 177 Å². The summed E-state index contributed by atoms with van der Waals surface area (Å²) in [5.41, 5.74) is 11.3. The fraction of sp³-hybridized carbons (Fsp3) is 0.556. The monoisotopic (exact) mass is 555 g/mol. The van der Waals surface area contributed by atoms with E-state index < -0.39 is 20.9 Å². The second-order valence-electron chi connectivity index (χ2n) is 9.30. The number of halogens is 2. The first-order chi connectivity index (χ1) is 13.7. The van der Waals surface area contributed by atoms with E-state index in [-0.39, 0.29) is 31.5 Å². The van der Waals surface area contributed by atoms with Crippen LogP contribution >= 0.6 is 0 Å². The Morgan fingerprint density at radius 3 is 1.94 bits per heavy atom. The Balaban J connectivity index is 0.00000219. The quantitative estimate of drug-likeness (QED) is 0.487. The second kappa shape index (κ2) is 13.1. The Kier molecular flexibility index (Phi) is 13.2. The molecule has 4 heteroatoms. The van der Waals surface area contributed by atoms with Crippen LogP contribution in [0.3, 0.4) is 0 Å². The van der Waals surface area contributed by atoms with Crippen molar-refractivity contribution in [3.63, 3.8) is 0 Å². The molecule has 0 saturated heterocycles. The summed E-state index contributed by atoms with van der Waals surface area (Å²) in [6.07, 6.45) is 5.11. The molecule has 1 aromatic rings. The molecule has 0 heterocycles. The van der Waals surface area contributed by atoms with Crippen molar-refractivity contribution in [3.8, 4) is 0 Å². The number of allylic oxidation sites excluding steroid dienone is 5. The van der Waals surface area contributed by atoms with Gasteiger partial charge in [-0.1, -0.05) is 13.8 Å². The second-order valence-corrected chi connectivity index (χ2v) is 25.1.